The van der Waals surface area contributed by atoms with Crippen LogP contribution in [-0.2, 0) is 13.2 Å². The van der Waals surface area contributed by atoms with E-state index in [-0.39, 0.29) is 11.7 Å². The topological polar surface area (TPSA) is 85.8 Å². The van der Waals surface area contributed by atoms with Gasteiger partial charge < -0.3 is 9.84 Å². The van der Waals surface area contributed by atoms with Gasteiger partial charge in [0, 0.05) is 18.8 Å². The highest BCUT2D eigenvalue weighted by Gasteiger charge is 2.39. The van der Waals surface area contributed by atoms with Gasteiger partial charge in [-0.3, -0.25) is 9.48 Å². The van der Waals surface area contributed by atoms with E-state index >= 15 is 0 Å². The summed E-state index contributed by atoms with van der Waals surface area (Å²) in [4.78, 5) is 16.3. The number of alkyl halides is 3. The molecule has 1 aromatic carbocycles. The van der Waals surface area contributed by atoms with Crippen LogP contribution in [0.4, 0.5) is 17.6 Å². The Balaban J connectivity index is 1.78. The van der Waals surface area contributed by atoms with E-state index in [1.54, 1.807) is 6.07 Å². The van der Waals surface area contributed by atoms with E-state index in [0.29, 0.717) is 5.56 Å². The molecule has 27 heavy (non-hydrogen) atoms. The molecule has 3 rings (SSSR count). The SMILES string of the molecule is C[C@H](NC(=O)c1cn(C)nc1C(F)(F)F)c1nc(-c2cccc(F)c2)no1. The third-order valence-corrected chi connectivity index (χ3v) is 3.58. The van der Waals surface area contributed by atoms with Gasteiger partial charge in [0.1, 0.15) is 11.9 Å². The third kappa shape index (κ3) is 3.96. The summed E-state index contributed by atoms with van der Waals surface area (Å²) in [6, 6.07) is 4.59. The smallest absolute Gasteiger partial charge is 0.340 e. The largest absolute Gasteiger partial charge is 0.435 e. The number of benzene rings is 1. The van der Waals surface area contributed by atoms with E-state index in [1.807, 2.05) is 0 Å². The Morgan fingerprint density at radius 2 is 2.07 bits per heavy atom. The van der Waals surface area contributed by atoms with Gasteiger partial charge in [-0.1, -0.05) is 17.3 Å². The van der Waals surface area contributed by atoms with Gasteiger partial charge in [0.05, 0.1) is 5.56 Å². The molecule has 0 radical (unpaired) electrons. The molecule has 0 aliphatic heterocycles. The van der Waals surface area contributed by atoms with Crippen LogP contribution in [0.15, 0.2) is 35.0 Å². The maximum Gasteiger partial charge on any atom is 0.435 e. The van der Waals surface area contributed by atoms with Crippen LogP contribution in [0.3, 0.4) is 0 Å². The number of carbonyl (C=O) groups is 1. The van der Waals surface area contributed by atoms with Crippen LogP contribution in [0, 0.1) is 5.82 Å². The number of carbonyl (C=O) groups excluding carboxylic acids is 1. The Morgan fingerprint density at radius 1 is 1.33 bits per heavy atom. The first-order valence-corrected chi connectivity index (χ1v) is 7.66. The molecular formula is C16H13F4N5O2. The predicted molar refractivity (Wildman–Crippen MR) is 83.8 cm³/mol. The molecule has 1 N–H and O–H groups in total. The molecule has 0 bridgehead atoms. The minimum Gasteiger partial charge on any atom is -0.340 e. The first-order valence-electron chi connectivity index (χ1n) is 7.66. The van der Waals surface area contributed by atoms with Gasteiger partial charge in [-0.15, -0.1) is 0 Å². The minimum atomic E-state index is -4.77. The Bertz CT molecular complexity index is 979. The normalized spacial score (nSPS) is 12.8. The maximum absolute atomic E-state index is 13.3. The second-order valence-corrected chi connectivity index (χ2v) is 5.72. The van der Waals surface area contributed by atoms with Crippen LogP contribution in [0.25, 0.3) is 11.4 Å². The Morgan fingerprint density at radius 3 is 2.74 bits per heavy atom. The third-order valence-electron chi connectivity index (χ3n) is 3.58. The maximum atomic E-state index is 13.3. The number of hydrogen-bond acceptors (Lipinski definition) is 5. The zero-order chi connectivity index (χ0) is 19.8. The Kier molecular flexibility index (Phi) is 4.68. The zero-order valence-corrected chi connectivity index (χ0v) is 14.1. The van der Waals surface area contributed by atoms with Crippen molar-refractivity contribution in [3.8, 4) is 11.4 Å². The van der Waals surface area contributed by atoms with Crippen molar-refractivity contribution < 1.29 is 26.9 Å². The summed E-state index contributed by atoms with van der Waals surface area (Å²) in [5.74, 6) is -1.44. The van der Waals surface area contributed by atoms with Gasteiger partial charge >= 0.3 is 6.18 Å². The molecule has 0 saturated heterocycles. The van der Waals surface area contributed by atoms with Crippen molar-refractivity contribution in [2.24, 2.45) is 7.05 Å². The summed E-state index contributed by atoms with van der Waals surface area (Å²) < 4.78 is 58.1. The van der Waals surface area contributed by atoms with Crippen LogP contribution in [0.2, 0.25) is 0 Å². The number of nitrogens with one attached hydrogen (secondary N) is 1. The van der Waals surface area contributed by atoms with Crippen LogP contribution >= 0.6 is 0 Å². The van der Waals surface area contributed by atoms with Crippen molar-refractivity contribution in [3.05, 3.63) is 53.4 Å². The molecule has 0 unspecified atom stereocenters. The lowest BCUT2D eigenvalue weighted by atomic mass is 10.2. The van der Waals surface area contributed by atoms with Crippen molar-refractivity contribution in [1.82, 2.24) is 25.2 Å². The van der Waals surface area contributed by atoms with Crippen molar-refractivity contribution in [3.63, 3.8) is 0 Å². The fourth-order valence-electron chi connectivity index (χ4n) is 2.36. The second-order valence-electron chi connectivity index (χ2n) is 5.72. The fourth-order valence-corrected chi connectivity index (χ4v) is 2.36. The highest BCUT2D eigenvalue weighted by Crippen LogP contribution is 2.30. The molecule has 1 amide bonds. The Labute approximate surface area is 150 Å². The summed E-state index contributed by atoms with van der Waals surface area (Å²) in [5, 5.41) is 9.32. The molecule has 3 aromatic rings. The molecule has 0 fully saturated rings. The fraction of sp³-hybridized carbons (Fsp3) is 0.250. The number of hydrogen-bond donors (Lipinski definition) is 1. The van der Waals surface area contributed by atoms with E-state index in [1.165, 1.54) is 32.2 Å². The molecule has 142 valence electrons. The first kappa shape index (κ1) is 18.5. The van der Waals surface area contributed by atoms with Crippen LogP contribution in [-0.4, -0.2) is 25.8 Å². The lowest BCUT2D eigenvalue weighted by Gasteiger charge is -2.10. The van der Waals surface area contributed by atoms with Crippen molar-refractivity contribution in [2.75, 3.05) is 0 Å². The number of amides is 1. The summed E-state index contributed by atoms with van der Waals surface area (Å²) >= 11 is 0. The average molecular weight is 383 g/mol. The lowest BCUT2D eigenvalue weighted by molar-refractivity contribution is -0.141. The monoisotopic (exact) mass is 383 g/mol. The minimum absolute atomic E-state index is 0.0416. The van der Waals surface area contributed by atoms with Gasteiger partial charge in [-0.05, 0) is 19.1 Å². The molecule has 7 nitrogen and oxygen atoms in total. The first-order chi connectivity index (χ1) is 12.6. The molecule has 0 aliphatic carbocycles. The van der Waals surface area contributed by atoms with Gasteiger partial charge in [-0.2, -0.15) is 23.3 Å². The molecule has 0 spiro atoms. The number of nitrogens with zero attached hydrogens (tertiary/aromatic N) is 4. The van der Waals surface area contributed by atoms with E-state index < -0.39 is 35.2 Å². The summed E-state index contributed by atoms with van der Waals surface area (Å²) in [6.45, 7) is 1.46. The van der Waals surface area contributed by atoms with Gasteiger partial charge in [0.15, 0.2) is 5.69 Å². The standard InChI is InChI=1S/C16H13F4N5O2/c1-8(15-22-13(24-27-15)9-4-3-5-10(17)6-9)21-14(26)11-7-25(2)23-12(11)16(18,19)20/h3-8H,1-2H3,(H,21,26)/t8-/m0/s1. The zero-order valence-electron chi connectivity index (χ0n) is 14.1. The summed E-state index contributed by atoms with van der Waals surface area (Å²) in [6.07, 6.45) is -3.80. The molecular weight excluding hydrogens is 370 g/mol. The van der Waals surface area contributed by atoms with Crippen molar-refractivity contribution in [1.29, 1.82) is 0 Å². The molecule has 0 saturated carbocycles. The molecule has 2 heterocycles. The van der Waals surface area contributed by atoms with E-state index in [9.17, 15) is 22.4 Å². The van der Waals surface area contributed by atoms with E-state index in [4.69, 9.17) is 4.52 Å². The molecule has 0 aliphatic rings. The van der Waals surface area contributed by atoms with Gasteiger partial charge in [0.2, 0.25) is 11.7 Å². The van der Waals surface area contributed by atoms with Crippen molar-refractivity contribution in [2.45, 2.75) is 19.1 Å². The Hall–Kier alpha value is -3.24. The summed E-state index contributed by atoms with van der Waals surface area (Å²) in [5.41, 5.74) is -1.56. The highest BCUT2D eigenvalue weighted by molar-refractivity contribution is 5.95. The van der Waals surface area contributed by atoms with Crippen LogP contribution < -0.4 is 5.32 Å². The van der Waals surface area contributed by atoms with Gasteiger partial charge in [-0.25, -0.2) is 4.39 Å². The highest BCUT2D eigenvalue weighted by atomic mass is 19.4. The van der Waals surface area contributed by atoms with Crippen LogP contribution in [0.5, 0.6) is 0 Å². The van der Waals surface area contributed by atoms with Gasteiger partial charge in [0.25, 0.3) is 5.91 Å². The quantitative estimate of drug-likeness (QED) is 0.700. The van der Waals surface area contributed by atoms with Crippen molar-refractivity contribution >= 4 is 5.91 Å². The molecule has 2 aromatic heterocycles. The second kappa shape index (κ2) is 6.82. The molecule has 1 atom stereocenters. The number of halogens is 4. The summed E-state index contributed by atoms with van der Waals surface area (Å²) in [7, 11) is 1.28. The molecule has 11 heteroatoms. The average Bonchev–Trinajstić information content (AvgIpc) is 3.21. The van der Waals surface area contributed by atoms with E-state index in [2.05, 4.69) is 20.6 Å². The number of aryl methyl sites for hydroxylation is 1. The van der Waals surface area contributed by atoms with Crippen LogP contribution in [0.1, 0.15) is 34.9 Å². The van der Waals surface area contributed by atoms with E-state index in [0.717, 1.165) is 10.9 Å². The lowest BCUT2D eigenvalue weighted by Crippen LogP contribution is -2.28. The number of rotatable bonds is 4. The predicted octanol–water partition coefficient (Wildman–Crippen LogP) is 3.12. The number of aromatic nitrogens is 4.